The Morgan fingerprint density at radius 2 is 1.75 bits per heavy atom. The Hall–Kier alpha value is -3.65. The van der Waals surface area contributed by atoms with Crippen LogP contribution in [-0.2, 0) is 19.1 Å². The van der Waals surface area contributed by atoms with Crippen molar-refractivity contribution in [1.82, 2.24) is 4.90 Å². The predicted molar refractivity (Wildman–Crippen MR) is 116 cm³/mol. The zero-order valence-electron chi connectivity index (χ0n) is 18.2. The normalized spacial score (nSPS) is 17.5. The zero-order chi connectivity index (χ0) is 23.3. The van der Waals surface area contributed by atoms with Crippen LogP contribution in [0.4, 0.5) is 0 Å². The van der Waals surface area contributed by atoms with Crippen LogP contribution in [0.25, 0.3) is 5.76 Å². The third-order valence-corrected chi connectivity index (χ3v) is 5.28. The van der Waals surface area contributed by atoms with E-state index in [4.69, 9.17) is 14.2 Å². The van der Waals surface area contributed by atoms with Crippen LogP contribution in [0.3, 0.4) is 0 Å². The maximum Gasteiger partial charge on any atom is 0.337 e. The summed E-state index contributed by atoms with van der Waals surface area (Å²) in [4.78, 5) is 39.1. The van der Waals surface area contributed by atoms with Crippen molar-refractivity contribution in [2.75, 3.05) is 34.5 Å². The SMILES string of the molecule is COCCCN1C(=O)C(=O)/C(=C(/O)c2cccc(OC)c2)C1c1ccc(C(=O)OC)cc1. The predicted octanol–water partition coefficient (Wildman–Crippen LogP) is 2.94. The molecule has 0 bridgehead atoms. The average molecular weight is 439 g/mol. The molecule has 8 nitrogen and oxygen atoms in total. The van der Waals surface area contributed by atoms with E-state index in [1.807, 2.05) is 0 Å². The van der Waals surface area contributed by atoms with Gasteiger partial charge in [-0.15, -0.1) is 0 Å². The molecule has 1 amide bonds. The van der Waals surface area contributed by atoms with Crippen LogP contribution in [0.2, 0.25) is 0 Å². The Labute approximate surface area is 186 Å². The van der Waals surface area contributed by atoms with Gasteiger partial charge in [0.1, 0.15) is 11.5 Å². The molecular formula is C24H25NO7. The second-order valence-corrected chi connectivity index (χ2v) is 7.18. The van der Waals surface area contributed by atoms with E-state index in [1.165, 1.54) is 19.1 Å². The second-order valence-electron chi connectivity index (χ2n) is 7.18. The van der Waals surface area contributed by atoms with Gasteiger partial charge in [-0.25, -0.2) is 4.79 Å². The number of carbonyl (C=O) groups is 3. The highest BCUT2D eigenvalue weighted by Gasteiger charge is 2.45. The number of ether oxygens (including phenoxy) is 3. The van der Waals surface area contributed by atoms with Crippen LogP contribution in [0, 0.1) is 0 Å². The largest absolute Gasteiger partial charge is 0.507 e. The molecule has 3 rings (SSSR count). The number of nitrogens with zero attached hydrogens (tertiary/aromatic N) is 1. The van der Waals surface area contributed by atoms with Crippen molar-refractivity contribution in [2.45, 2.75) is 12.5 Å². The molecule has 1 unspecified atom stereocenters. The summed E-state index contributed by atoms with van der Waals surface area (Å²) in [5.41, 5.74) is 1.25. The van der Waals surface area contributed by atoms with Crippen LogP contribution >= 0.6 is 0 Å². The number of benzene rings is 2. The molecule has 1 atom stereocenters. The molecule has 0 aromatic heterocycles. The van der Waals surface area contributed by atoms with Crippen molar-refractivity contribution >= 4 is 23.4 Å². The van der Waals surface area contributed by atoms with Gasteiger partial charge >= 0.3 is 5.97 Å². The summed E-state index contributed by atoms with van der Waals surface area (Å²) in [6, 6.07) is 12.2. The molecule has 0 spiro atoms. The van der Waals surface area contributed by atoms with Gasteiger partial charge < -0.3 is 24.2 Å². The summed E-state index contributed by atoms with van der Waals surface area (Å²) in [5, 5.41) is 11.1. The lowest BCUT2D eigenvalue weighted by atomic mass is 9.94. The van der Waals surface area contributed by atoms with Crippen LogP contribution in [-0.4, -0.2) is 62.1 Å². The Kier molecular flexibility index (Phi) is 7.27. The maximum absolute atomic E-state index is 13.0. The van der Waals surface area contributed by atoms with Crippen LogP contribution in [0.5, 0.6) is 5.75 Å². The molecule has 0 aliphatic carbocycles. The number of hydrogen-bond acceptors (Lipinski definition) is 7. The summed E-state index contributed by atoms with van der Waals surface area (Å²) in [5.74, 6) is -1.76. The van der Waals surface area contributed by atoms with Crippen molar-refractivity contribution in [3.05, 3.63) is 70.8 Å². The Morgan fingerprint density at radius 3 is 2.38 bits per heavy atom. The minimum absolute atomic E-state index is 0.0218. The molecule has 0 saturated carbocycles. The van der Waals surface area contributed by atoms with E-state index in [2.05, 4.69) is 0 Å². The van der Waals surface area contributed by atoms with Gasteiger partial charge in [0.15, 0.2) is 0 Å². The van der Waals surface area contributed by atoms with Crippen LogP contribution < -0.4 is 4.74 Å². The Morgan fingerprint density at radius 1 is 1.03 bits per heavy atom. The molecule has 8 heteroatoms. The lowest BCUT2D eigenvalue weighted by Crippen LogP contribution is -2.31. The first-order chi connectivity index (χ1) is 15.4. The number of aliphatic hydroxyl groups is 1. The highest BCUT2D eigenvalue weighted by atomic mass is 16.5. The van der Waals surface area contributed by atoms with Crippen molar-refractivity contribution in [3.8, 4) is 5.75 Å². The fraction of sp³-hybridized carbons (Fsp3) is 0.292. The van der Waals surface area contributed by atoms with Crippen molar-refractivity contribution in [1.29, 1.82) is 0 Å². The molecule has 1 saturated heterocycles. The summed E-state index contributed by atoms with van der Waals surface area (Å²) in [6.07, 6.45) is 0.513. The molecule has 1 heterocycles. The number of carbonyl (C=O) groups excluding carboxylic acids is 3. The summed E-state index contributed by atoms with van der Waals surface area (Å²) >= 11 is 0. The Balaban J connectivity index is 2.11. The first kappa shape index (κ1) is 23.0. The summed E-state index contributed by atoms with van der Waals surface area (Å²) in [7, 11) is 4.34. The van der Waals surface area contributed by atoms with Crippen molar-refractivity contribution in [2.24, 2.45) is 0 Å². The number of amides is 1. The number of likely N-dealkylation sites (tertiary alicyclic amines) is 1. The summed E-state index contributed by atoms with van der Waals surface area (Å²) < 4.78 is 15.0. The number of methoxy groups -OCH3 is 3. The highest BCUT2D eigenvalue weighted by molar-refractivity contribution is 6.46. The number of esters is 1. The molecule has 1 aliphatic rings. The standard InChI is InChI=1S/C24H25NO7/c1-30-13-5-12-25-20(15-8-10-16(11-9-15)24(29)32-3)19(22(27)23(25)28)21(26)17-6-4-7-18(14-17)31-2/h4,6-11,14,20,26H,5,12-13H2,1-3H3/b21-19+. The zero-order valence-corrected chi connectivity index (χ0v) is 18.2. The topological polar surface area (TPSA) is 102 Å². The number of aliphatic hydroxyl groups excluding tert-OH is 1. The molecular weight excluding hydrogens is 414 g/mol. The fourth-order valence-corrected chi connectivity index (χ4v) is 3.68. The van der Waals surface area contributed by atoms with E-state index < -0.39 is 23.7 Å². The second kappa shape index (κ2) is 10.1. The van der Waals surface area contributed by atoms with E-state index in [0.29, 0.717) is 35.5 Å². The Bertz CT molecular complexity index is 1040. The number of ketones is 1. The van der Waals surface area contributed by atoms with Gasteiger partial charge in [0.05, 0.1) is 31.4 Å². The molecule has 1 N–H and O–H groups in total. The molecule has 2 aromatic rings. The highest BCUT2D eigenvalue weighted by Crippen LogP contribution is 2.39. The van der Waals surface area contributed by atoms with E-state index in [0.717, 1.165) is 0 Å². The summed E-state index contributed by atoms with van der Waals surface area (Å²) in [6.45, 7) is 0.670. The third kappa shape index (κ3) is 4.50. The molecule has 2 aromatic carbocycles. The van der Waals surface area contributed by atoms with Crippen molar-refractivity contribution in [3.63, 3.8) is 0 Å². The van der Waals surface area contributed by atoms with E-state index in [9.17, 15) is 19.5 Å². The minimum Gasteiger partial charge on any atom is -0.507 e. The molecule has 1 fully saturated rings. The minimum atomic E-state index is -0.815. The van der Waals surface area contributed by atoms with Gasteiger partial charge in [-0.1, -0.05) is 24.3 Å². The molecule has 32 heavy (non-hydrogen) atoms. The monoisotopic (exact) mass is 439 g/mol. The molecule has 0 radical (unpaired) electrons. The lowest BCUT2D eigenvalue weighted by molar-refractivity contribution is -0.140. The molecule has 168 valence electrons. The van der Waals surface area contributed by atoms with Crippen molar-refractivity contribution < 1.29 is 33.7 Å². The number of Topliss-reactive ketones (excluding diaryl/α,β-unsaturated/α-hetero) is 1. The maximum atomic E-state index is 13.0. The third-order valence-electron chi connectivity index (χ3n) is 5.28. The quantitative estimate of drug-likeness (QED) is 0.222. The first-order valence-electron chi connectivity index (χ1n) is 10.0. The first-order valence-corrected chi connectivity index (χ1v) is 10.0. The molecule has 1 aliphatic heterocycles. The van der Waals surface area contributed by atoms with Gasteiger partial charge in [-0.2, -0.15) is 0 Å². The van der Waals surface area contributed by atoms with E-state index in [1.54, 1.807) is 55.6 Å². The van der Waals surface area contributed by atoms with E-state index in [-0.39, 0.29) is 17.9 Å². The number of rotatable bonds is 8. The van der Waals surface area contributed by atoms with Crippen LogP contribution in [0.15, 0.2) is 54.1 Å². The van der Waals surface area contributed by atoms with Gasteiger partial charge in [0.25, 0.3) is 11.7 Å². The van der Waals surface area contributed by atoms with Gasteiger partial charge in [0, 0.05) is 25.8 Å². The van der Waals surface area contributed by atoms with Gasteiger partial charge in [-0.3, -0.25) is 9.59 Å². The number of hydrogen-bond donors (Lipinski definition) is 1. The smallest absolute Gasteiger partial charge is 0.337 e. The van der Waals surface area contributed by atoms with Gasteiger partial charge in [0.2, 0.25) is 0 Å². The fourth-order valence-electron chi connectivity index (χ4n) is 3.68. The van der Waals surface area contributed by atoms with E-state index >= 15 is 0 Å². The lowest BCUT2D eigenvalue weighted by Gasteiger charge is -2.25. The van der Waals surface area contributed by atoms with Gasteiger partial charge in [-0.05, 0) is 36.2 Å². The van der Waals surface area contributed by atoms with Crippen LogP contribution in [0.1, 0.15) is 33.9 Å². The average Bonchev–Trinajstić information content (AvgIpc) is 3.08.